The van der Waals surface area contributed by atoms with E-state index in [2.05, 4.69) is 17.0 Å². The van der Waals surface area contributed by atoms with Crippen LogP contribution in [0.5, 0.6) is 5.75 Å². The number of likely N-dealkylation sites (N-methyl/N-ethyl adjacent to an activating group) is 1. The van der Waals surface area contributed by atoms with Crippen molar-refractivity contribution in [2.75, 3.05) is 40.3 Å². The maximum absolute atomic E-state index is 13.4. The molecule has 0 bridgehead atoms. The quantitative estimate of drug-likeness (QED) is 0.495. The van der Waals surface area contributed by atoms with Crippen LogP contribution in [0.4, 0.5) is 0 Å². The number of fused-ring (bicyclic) bond motifs is 3. The number of nitrogens with zero attached hydrogens (tertiary/aromatic N) is 5. The number of amides is 1. The van der Waals surface area contributed by atoms with Crippen molar-refractivity contribution in [2.45, 2.75) is 6.54 Å². The topological polar surface area (TPSA) is 72.1 Å². The van der Waals surface area contributed by atoms with Gasteiger partial charge in [-0.05, 0) is 49.0 Å². The third-order valence-corrected chi connectivity index (χ3v) is 6.11. The van der Waals surface area contributed by atoms with Gasteiger partial charge < -0.3 is 19.1 Å². The Balaban J connectivity index is 1.63. The monoisotopic (exact) mass is 431 g/mol. The summed E-state index contributed by atoms with van der Waals surface area (Å²) in [6, 6.07) is 14.9. The van der Waals surface area contributed by atoms with Crippen LogP contribution in [0.3, 0.4) is 0 Å². The Morgan fingerprint density at radius 3 is 2.59 bits per heavy atom. The summed E-state index contributed by atoms with van der Waals surface area (Å²) in [5.74, 6) is 0.720. The second-order valence-electron chi connectivity index (χ2n) is 8.17. The van der Waals surface area contributed by atoms with E-state index in [0.29, 0.717) is 36.2 Å². The highest BCUT2D eigenvalue weighted by Gasteiger charge is 2.22. The van der Waals surface area contributed by atoms with E-state index in [-0.39, 0.29) is 11.5 Å². The lowest BCUT2D eigenvalue weighted by molar-refractivity contribution is 0.0664. The molecule has 3 heterocycles. The molecule has 1 aliphatic rings. The van der Waals surface area contributed by atoms with Crippen LogP contribution >= 0.6 is 0 Å². The molecule has 0 atom stereocenters. The number of carbonyl (C=O) groups is 1. The van der Waals surface area contributed by atoms with Crippen LogP contribution in [0.15, 0.2) is 59.5 Å². The zero-order chi connectivity index (χ0) is 22.2. The molecule has 8 heteroatoms. The van der Waals surface area contributed by atoms with Crippen LogP contribution in [-0.4, -0.2) is 70.2 Å². The van der Waals surface area contributed by atoms with Gasteiger partial charge in [0.25, 0.3) is 11.5 Å². The Kier molecular flexibility index (Phi) is 5.14. The van der Waals surface area contributed by atoms with Crippen molar-refractivity contribution in [3.05, 3.63) is 76.2 Å². The van der Waals surface area contributed by atoms with E-state index in [1.54, 1.807) is 28.5 Å². The van der Waals surface area contributed by atoms with Gasteiger partial charge in [-0.1, -0.05) is 12.1 Å². The first-order valence-corrected chi connectivity index (χ1v) is 10.7. The molecule has 32 heavy (non-hydrogen) atoms. The highest BCUT2D eigenvalue weighted by molar-refractivity contribution is 5.97. The molecule has 164 valence electrons. The molecule has 0 N–H and O–H groups in total. The van der Waals surface area contributed by atoms with E-state index in [1.165, 1.54) is 0 Å². The summed E-state index contributed by atoms with van der Waals surface area (Å²) >= 11 is 0. The van der Waals surface area contributed by atoms with Gasteiger partial charge in [0.2, 0.25) is 0 Å². The summed E-state index contributed by atoms with van der Waals surface area (Å²) in [4.78, 5) is 30.6. The largest absolute Gasteiger partial charge is 0.497 e. The van der Waals surface area contributed by atoms with Crippen LogP contribution < -0.4 is 10.3 Å². The maximum atomic E-state index is 13.4. The number of ether oxygens (including phenoxy) is 1. The van der Waals surface area contributed by atoms with Crippen molar-refractivity contribution in [1.82, 2.24) is 24.0 Å². The van der Waals surface area contributed by atoms with Gasteiger partial charge in [-0.25, -0.2) is 4.52 Å². The molecule has 8 nitrogen and oxygen atoms in total. The number of carbonyl (C=O) groups excluding carboxylic acids is 1. The summed E-state index contributed by atoms with van der Waals surface area (Å²) in [7, 11) is 3.68. The van der Waals surface area contributed by atoms with E-state index in [1.807, 2.05) is 47.4 Å². The molecule has 1 saturated heterocycles. The molecule has 1 amide bonds. The summed E-state index contributed by atoms with van der Waals surface area (Å²) in [5, 5.41) is 4.34. The molecule has 5 rings (SSSR count). The van der Waals surface area contributed by atoms with E-state index in [4.69, 9.17) is 4.74 Å². The number of benzene rings is 2. The van der Waals surface area contributed by atoms with Crippen LogP contribution in [0.25, 0.3) is 16.6 Å². The molecule has 2 aromatic heterocycles. The fraction of sp³-hybridized carbons (Fsp3) is 0.292. The second-order valence-corrected chi connectivity index (χ2v) is 8.17. The van der Waals surface area contributed by atoms with Gasteiger partial charge in [0.05, 0.1) is 30.9 Å². The van der Waals surface area contributed by atoms with Crippen LogP contribution in [-0.2, 0) is 6.54 Å². The third kappa shape index (κ3) is 3.52. The fourth-order valence-corrected chi connectivity index (χ4v) is 4.26. The van der Waals surface area contributed by atoms with E-state index >= 15 is 0 Å². The minimum absolute atomic E-state index is 0.0130. The van der Waals surface area contributed by atoms with Crippen molar-refractivity contribution < 1.29 is 9.53 Å². The van der Waals surface area contributed by atoms with Crippen molar-refractivity contribution in [3.63, 3.8) is 0 Å². The maximum Gasteiger partial charge on any atom is 0.277 e. The normalized spacial score (nSPS) is 14.9. The number of rotatable bonds is 4. The number of hydrogen-bond donors (Lipinski definition) is 0. The summed E-state index contributed by atoms with van der Waals surface area (Å²) < 4.78 is 8.69. The van der Waals surface area contributed by atoms with Crippen molar-refractivity contribution in [3.8, 4) is 5.75 Å². The number of hydrogen-bond acceptors (Lipinski definition) is 5. The first kappa shape index (κ1) is 20.3. The van der Waals surface area contributed by atoms with Gasteiger partial charge in [0, 0.05) is 31.7 Å². The molecular formula is C24H25N5O3. The first-order valence-electron chi connectivity index (χ1n) is 10.7. The molecular weight excluding hydrogens is 406 g/mol. The SMILES string of the molecule is COc1cccc(Cn2c(=O)c3ccnn3c3ccc(C(=O)N4CCN(C)CC4)cc32)c1. The average Bonchev–Trinajstić information content (AvgIpc) is 3.32. The predicted molar refractivity (Wildman–Crippen MR) is 122 cm³/mol. The van der Waals surface area contributed by atoms with Crippen LogP contribution in [0.2, 0.25) is 0 Å². The van der Waals surface area contributed by atoms with E-state index < -0.39 is 0 Å². The molecule has 0 radical (unpaired) electrons. The fourth-order valence-electron chi connectivity index (χ4n) is 4.26. The number of methoxy groups -OCH3 is 1. The molecule has 0 spiro atoms. The summed E-state index contributed by atoms with van der Waals surface area (Å²) in [5.41, 5.74) is 3.32. The standard InChI is InChI=1S/C24H25N5O3/c1-26-10-12-27(13-11-26)23(30)18-6-7-20-22(15-18)28(24(31)21-8-9-25-29(20)21)16-17-4-3-5-19(14-17)32-2/h3-9,14-15H,10-13,16H2,1-2H3. The Bertz CT molecular complexity index is 1370. The van der Waals surface area contributed by atoms with Crippen LogP contribution in [0, 0.1) is 0 Å². The predicted octanol–water partition coefficient (Wildman–Crippen LogP) is 2.09. The Hall–Kier alpha value is -3.65. The Morgan fingerprint density at radius 1 is 1.00 bits per heavy atom. The zero-order valence-electron chi connectivity index (χ0n) is 18.2. The summed E-state index contributed by atoms with van der Waals surface area (Å²) in [6.45, 7) is 3.46. The Morgan fingerprint density at radius 2 is 1.81 bits per heavy atom. The Labute approximate surface area is 185 Å². The highest BCUT2D eigenvalue weighted by atomic mass is 16.5. The van der Waals surface area contributed by atoms with Gasteiger partial charge >= 0.3 is 0 Å². The zero-order valence-corrected chi connectivity index (χ0v) is 18.2. The molecule has 2 aromatic carbocycles. The first-order chi connectivity index (χ1) is 15.5. The second kappa shape index (κ2) is 8.12. The third-order valence-electron chi connectivity index (χ3n) is 6.11. The number of piperazine rings is 1. The molecule has 0 aliphatic carbocycles. The molecule has 0 saturated carbocycles. The lowest BCUT2D eigenvalue weighted by Crippen LogP contribution is -2.47. The van der Waals surface area contributed by atoms with Gasteiger partial charge in [0.1, 0.15) is 11.3 Å². The van der Waals surface area contributed by atoms with Crippen molar-refractivity contribution in [2.24, 2.45) is 0 Å². The van der Waals surface area contributed by atoms with Gasteiger partial charge in [0.15, 0.2) is 0 Å². The van der Waals surface area contributed by atoms with E-state index in [9.17, 15) is 9.59 Å². The molecule has 0 unspecified atom stereocenters. The lowest BCUT2D eigenvalue weighted by Gasteiger charge is -2.32. The highest BCUT2D eigenvalue weighted by Crippen LogP contribution is 2.20. The smallest absolute Gasteiger partial charge is 0.277 e. The molecule has 1 aliphatic heterocycles. The van der Waals surface area contributed by atoms with Crippen molar-refractivity contribution >= 4 is 22.5 Å². The minimum atomic E-state index is -0.151. The number of aromatic nitrogens is 3. The van der Waals surface area contributed by atoms with Gasteiger partial charge in [-0.2, -0.15) is 5.10 Å². The van der Waals surface area contributed by atoms with Crippen LogP contribution in [0.1, 0.15) is 15.9 Å². The van der Waals surface area contributed by atoms with E-state index in [0.717, 1.165) is 29.9 Å². The van der Waals surface area contributed by atoms with Crippen molar-refractivity contribution in [1.29, 1.82) is 0 Å². The molecule has 4 aromatic rings. The van der Waals surface area contributed by atoms with Gasteiger partial charge in [-0.15, -0.1) is 0 Å². The summed E-state index contributed by atoms with van der Waals surface area (Å²) in [6.07, 6.45) is 1.62. The minimum Gasteiger partial charge on any atom is -0.497 e. The lowest BCUT2D eigenvalue weighted by atomic mass is 10.1. The average molecular weight is 431 g/mol. The van der Waals surface area contributed by atoms with Gasteiger partial charge in [-0.3, -0.25) is 9.59 Å². The molecule has 1 fully saturated rings.